The molecule has 6 nitrogen and oxygen atoms in total. The lowest BCUT2D eigenvalue weighted by atomic mass is 10.2. The van der Waals surface area contributed by atoms with E-state index >= 15 is 0 Å². The highest BCUT2D eigenvalue weighted by molar-refractivity contribution is 6.07. The first-order valence-corrected chi connectivity index (χ1v) is 6.05. The summed E-state index contributed by atoms with van der Waals surface area (Å²) in [7, 11) is 0. The van der Waals surface area contributed by atoms with Crippen molar-refractivity contribution in [3.8, 4) is 0 Å². The van der Waals surface area contributed by atoms with Gasteiger partial charge in [0.15, 0.2) is 0 Å². The first kappa shape index (κ1) is 13.1. The third-order valence-electron chi connectivity index (χ3n) is 2.82. The Labute approximate surface area is 111 Å². The molecule has 1 amide bonds. The minimum Gasteiger partial charge on any atom is -0.385 e. The van der Waals surface area contributed by atoms with Gasteiger partial charge >= 0.3 is 0 Å². The standard InChI is InChI=1S/C13H16N4O2/c1-4-15-11-5-6-14-7-10(11)12(18)16-13-8(2)9(3)17-19-13/h5-7H,4H2,1-3H3,(H,14,15)(H,16,18). The van der Waals surface area contributed by atoms with E-state index in [1.807, 2.05) is 20.8 Å². The number of aryl methyl sites for hydroxylation is 1. The molecule has 0 bridgehead atoms. The summed E-state index contributed by atoms with van der Waals surface area (Å²) in [6, 6.07) is 1.76. The SMILES string of the molecule is CCNc1ccncc1C(=O)Nc1onc(C)c1C. The van der Waals surface area contributed by atoms with Crippen LogP contribution in [-0.4, -0.2) is 22.6 Å². The van der Waals surface area contributed by atoms with Gasteiger partial charge in [0.2, 0.25) is 5.88 Å². The van der Waals surface area contributed by atoms with Crippen LogP contribution in [0.4, 0.5) is 11.6 Å². The van der Waals surface area contributed by atoms with Gasteiger partial charge in [0.25, 0.3) is 5.91 Å². The molecule has 0 aliphatic heterocycles. The molecule has 2 N–H and O–H groups in total. The summed E-state index contributed by atoms with van der Waals surface area (Å²) < 4.78 is 5.06. The molecule has 2 aromatic heterocycles. The number of carbonyl (C=O) groups excluding carboxylic acids is 1. The number of carbonyl (C=O) groups is 1. The van der Waals surface area contributed by atoms with Gasteiger partial charge in [0.1, 0.15) is 0 Å². The lowest BCUT2D eigenvalue weighted by molar-refractivity contribution is 0.102. The highest BCUT2D eigenvalue weighted by Crippen LogP contribution is 2.20. The van der Waals surface area contributed by atoms with Crippen LogP contribution in [-0.2, 0) is 0 Å². The molecule has 0 atom stereocenters. The van der Waals surface area contributed by atoms with Crippen molar-refractivity contribution in [2.45, 2.75) is 20.8 Å². The van der Waals surface area contributed by atoms with Crippen molar-refractivity contribution in [3.05, 3.63) is 35.3 Å². The molecular formula is C13H16N4O2. The van der Waals surface area contributed by atoms with Crippen LogP contribution < -0.4 is 10.6 Å². The first-order chi connectivity index (χ1) is 9.13. The minimum absolute atomic E-state index is 0.275. The molecule has 2 aromatic rings. The number of nitrogens with one attached hydrogen (secondary N) is 2. The van der Waals surface area contributed by atoms with Crippen molar-refractivity contribution in [1.29, 1.82) is 0 Å². The maximum atomic E-state index is 12.2. The van der Waals surface area contributed by atoms with Crippen LogP contribution in [0.1, 0.15) is 28.5 Å². The number of hydrogen-bond acceptors (Lipinski definition) is 5. The van der Waals surface area contributed by atoms with E-state index in [1.54, 1.807) is 12.3 Å². The molecule has 2 heterocycles. The number of amides is 1. The van der Waals surface area contributed by atoms with E-state index in [9.17, 15) is 4.79 Å². The lowest BCUT2D eigenvalue weighted by Gasteiger charge is -2.09. The fourth-order valence-electron chi connectivity index (χ4n) is 1.62. The second-order valence-electron chi connectivity index (χ2n) is 4.13. The van der Waals surface area contributed by atoms with Crippen LogP contribution in [0.25, 0.3) is 0 Å². The highest BCUT2D eigenvalue weighted by atomic mass is 16.5. The fraction of sp³-hybridized carbons (Fsp3) is 0.308. The summed E-state index contributed by atoms with van der Waals surface area (Å²) in [5.74, 6) is 0.0945. The van der Waals surface area contributed by atoms with Crippen molar-refractivity contribution in [1.82, 2.24) is 10.1 Å². The van der Waals surface area contributed by atoms with Gasteiger partial charge in [-0.25, -0.2) is 0 Å². The molecule has 0 aromatic carbocycles. The molecule has 0 spiro atoms. The monoisotopic (exact) mass is 260 g/mol. The minimum atomic E-state index is -0.275. The maximum absolute atomic E-state index is 12.2. The third kappa shape index (κ3) is 2.73. The van der Waals surface area contributed by atoms with Gasteiger partial charge in [0.05, 0.1) is 16.9 Å². The Bertz CT molecular complexity index is 592. The summed E-state index contributed by atoms with van der Waals surface area (Å²) in [5, 5.41) is 9.61. The molecule has 0 unspecified atom stereocenters. The van der Waals surface area contributed by atoms with E-state index in [0.717, 1.165) is 23.5 Å². The number of pyridine rings is 1. The number of rotatable bonds is 4. The zero-order chi connectivity index (χ0) is 13.8. The van der Waals surface area contributed by atoms with Crippen LogP contribution >= 0.6 is 0 Å². The van der Waals surface area contributed by atoms with Gasteiger partial charge in [-0.05, 0) is 26.8 Å². The normalized spacial score (nSPS) is 10.3. The fourth-order valence-corrected chi connectivity index (χ4v) is 1.62. The van der Waals surface area contributed by atoms with Crippen LogP contribution in [0.3, 0.4) is 0 Å². The second-order valence-corrected chi connectivity index (χ2v) is 4.13. The average Bonchev–Trinajstić information content (AvgIpc) is 2.72. The van der Waals surface area contributed by atoms with Gasteiger partial charge in [-0.15, -0.1) is 0 Å². The van der Waals surface area contributed by atoms with Crippen molar-refractivity contribution in [2.75, 3.05) is 17.2 Å². The van der Waals surface area contributed by atoms with E-state index < -0.39 is 0 Å². The van der Waals surface area contributed by atoms with Gasteiger partial charge in [0, 0.05) is 24.5 Å². The Balaban J connectivity index is 2.23. The molecule has 100 valence electrons. The summed E-state index contributed by atoms with van der Waals surface area (Å²) in [6.45, 7) is 6.36. The van der Waals surface area contributed by atoms with Crippen molar-refractivity contribution in [3.63, 3.8) is 0 Å². The van der Waals surface area contributed by atoms with Crippen LogP contribution in [0.5, 0.6) is 0 Å². The molecule has 0 saturated carbocycles. The summed E-state index contributed by atoms with van der Waals surface area (Å²) in [4.78, 5) is 16.2. The number of nitrogens with zero attached hydrogens (tertiary/aromatic N) is 2. The van der Waals surface area contributed by atoms with Gasteiger partial charge in [-0.2, -0.15) is 0 Å². The number of hydrogen-bond donors (Lipinski definition) is 2. The molecule has 19 heavy (non-hydrogen) atoms. The van der Waals surface area contributed by atoms with E-state index in [-0.39, 0.29) is 5.91 Å². The van der Waals surface area contributed by atoms with Gasteiger partial charge in [-0.3, -0.25) is 15.1 Å². The Morgan fingerprint density at radius 3 is 2.84 bits per heavy atom. The largest absolute Gasteiger partial charge is 0.385 e. The number of anilines is 2. The Kier molecular flexibility index (Phi) is 3.79. The smallest absolute Gasteiger partial charge is 0.261 e. The molecule has 0 fully saturated rings. The van der Waals surface area contributed by atoms with E-state index in [4.69, 9.17) is 4.52 Å². The van der Waals surface area contributed by atoms with Crippen molar-refractivity contribution in [2.24, 2.45) is 0 Å². The molecular weight excluding hydrogens is 244 g/mol. The summed E-state index contributed by atoms with van der Waals surface area (Å²) >= 11 is 0. The zero-order valence-corrected chi connectivity index (χ0v) is 11.2. The molecule has 0 aliphatic carbocycles. The maximum Gasteiger partial charge on any atom is 0.261 e. The Hall–Kier alpha value is -2.37. The Morgan fingerprint density at radius 2 is 2.21 bits per heavy atom. The van der Waals surface area contributed by atoms with Crippen LogP contribution in [0.15, 0.2) is 23.0 Å². The second kappa shape index (κ2) is 5.51. The van der Waals surface area contributed by atoms with Crippen molar-refractivity contribution < 1.29 is 9.32 Å². The topological polar surface area (TPSA) is 80.0 Å². The molecule has 6 heteroatoms. The molecule has 2 rings (SSSR count). The predicted octanol–water partition coefficient (Wildman–Crippen LogP) is 2.37. The van der Waals surface area contributed by atoms with Crippen LogP contribution in [0.2, 0.25) is 0 Å². The molecule has 0 radical (unpaired) electrons. The molecule has 0 aliphatic rings. The van der Waals surface area contributed by atoms with Gasteiger partial charge < -0.3 is 9.84 Å². The molecule has 0 saturated heterocycles. The zero-order valence-electron chi connectivity index (χ0n) is 11.2. The van der Waals surface area contributed by atoms with Crippen molar-refractivity contribution >= 4 is 17.5 Å². The quantitative estimate of drug-likeness (QED) is 0.882. The lowest BCUT2D eigenvalue weighted by Crippen LogP contribution is -2.15. The predicted molar refractivity (Wildman–Crippen MR) is 72.3 cm³/mol. The van der Waals surface area contributed by atoms with Gasteiger partial charge in [-0.1, -0.05) is 5.16 Å². The van der Waals surface area contributed by atoms with E-state index in [2.05, 4.69) is 20.8 Å². The Morgan fingerprint density at radius 1 is 1.42 bits per heavy atom. The third-order valence-corrected chi connectivity index (χ3v) is 2.82. The van der Waals surface area contributed by atoms with E-state index in [0.29, 0.717) is 11.4 Å². The average molecular weight is 260 g/mol. The first-order valence-electron chi connectivity index (χ1n) is 6.05. The number of aromatic nitrogens is 2. The van der Waals surface area contributed by atoms with E-state index in [1.165, 1.54) is 6.20 Å². The summed E-state index contributed by atoms with van der Waals surface area (Å²) in [6.07, 6.45) is 3.16. The van der Waals surface area contributed by atoms with Crippen LogP contribution in [0, 0.1) is 13.8 Å². The summed E-state index contributed by atoms with van der Waals surface area (Å²) in [5.41, 5.74) is 2.79. The highest BCUT2D eigenvalue weighted by Gasteiger charge is 2.16.